The van der Waals surface area contributed by atoms with E-state index in [1.165, 1.54) is 6.07 Å². The molecule has 0 spiro atoms. The number of hydrogen-bond donors (Lipinski definition) is 2. The fourth-order valence-corrected chi connectivity index (χ4v) is 2.85. The maximum absolute atomic E-state index is 13.9. The zero-order chi connectivity index (χ0) is 14.8. The second kappa shape index (κ2) is 5.64. The van der Waals surface area contributed by atoms with E-state index in [4.69, 9.17) is 4.74 Å². The number of benzene rings is 2. The Balaban J connectivity index is 1.80. The molecule has 2 aromatic carbocycles. The van der Waals surface area contributed by atoms with Crippen molar-refractivity contribution in [2.75, 3.05) is 11.9 Å². The SMILES string of the molecule is CCOc1ccc(NC2CCc3c(O)cccc32)cc1F. The van der Waals surface area contributed by atoms with Crippen LogP contribution in [0.5, 0.6) is 11.5 Å². The van der Waals surface area contributed by atoms with Gasteiger partial charge in [-0.15, -0.1) is 0 Å². The van der Waals surface area contributed by atoms with Crippen LogP contribution in [0.15, 0.2) is 36.4 Å². The Hall–Kier alpha value is -2.23. The molecule has 4 heteroatoms. The van der Waals surface area contributed by atoms with Gasteiger partial charge >= 0.3 is 0 Å². The second-order valence-electron chi connectivity index (χ2n) is 5.16. The standard InChI is InChI=1S/C17H18FNO2/c1-2-21-17-9-6-11(10-14(17)18)19-15-8-7-13-12(15)4-3-5-16(13)20/h3-6,9-10,15,19-20H,2,7-8H2,1H3. The molecular formula is C17H18FNO2. The van der Waals surface area contributed by atoms with Gasteiger partial charge in [0.05, 0.1) is 12.6 Å². The van der Waals surface area contributed by atoms with Crippen LogP contribution in [0, 0.1) is 5.82 Å². The molecule has 1 aliphatic carbocycles. The summed E-state index contributed by atoms with van der Waals surface area (Å²) in [6, 6.07) is 10.6. The average molecular weight is 287 g/mol. The van der Waals surface area contributed by atoms with Gasteiger partial charge in [-0.25, -0.2) is 4.39 Å². The monoisotopic (exact) mass is 287 g/mol. The lowest BCUT2D eigenvalue weighted by molar-refractivity contribution is 0.321. The zero-order valence-corrected chi connectivity index (χ0v) is 11.9. The second-order valence-corrected chi connectivity index (χ2v) is 5.16. The molecule has 2 aromatic rings. The van der Waals surface area contributed by atoms with Crippen molar-refractivity contribution < 1.29 is 14.2 Å². The van der Waals surface area contributed by atoms with Crippen LogP contribution >= 0.6 is 0 Å². The molecule has 3 rings (SSSR count). The summed E-state index contributed by atoms with van der Waals surface area (Å²) in [4.78, 5) is 0. The van der Waals surface area contributed by atoms with Crippen LogP contribution in [0.4, 0.5) is 10.1 Å². The van der Waals surface area contributed by atoms with Gasteiger partial charge in [-0.2, -0.15) is 0 Å². The number of aromatic hydroxyl groups is 1. The molecule has 0 radical (unpaired) electrons. The van der Waals surface area contributed by atoms with Gasteiger partial charge in [-0.1, -0.05) is 12.1 Å². The molecule has 0 bridgehead atoms. The Morgan fingerprint density at radius 1 is 1.33 bits per heavy atom. The molecular weight excluding hydrogens is 269 g/mol. The number of halogens is 1. The first-order valence-electron chi connectivity index (χ1n) is 7.18. The smallest absolute Gasteiger partial charge is 0.167 e. The fourth-order valence-electron chi connectivity index (χ4n) is 2.85. The third-order valence-electron chi connectivity index (χ3n) is 3.82. The van der Waals surface area contributed by atoms with Crippen LogP contribution in [-0.4, -0.2) is 11.7 Å². The van der Waals surface area contributed by atoms with E-state index in [0.29, 0.717) is 12.4 Å². The van der Waals surface area contributed by atoms with Crippen molar-refractivity contribution in [3.8, 4) is 11.5 Å². The maximum Gasteiger partial charge on any atom is 0.167 e. The van der Waals surface area contributed by atoms with E-state index in [2.05, 4.69) is 5.32 Å². The van der Waals surface area contributed by atoms with E-state index in [0.717, 1.165) is 29.7 Å². The number of phenols is 1. The fraction of sp³-hybridized carbons (Fsp3) is 0.294. The Bertz CT molecular complexity index is 657. The van der Waals surface area contributed by atoms with Crippen LogP contribution in [-0.2, 0) is 6.42 Å². The van der Waals surface area contributed by atoms with Gasteiger partial charge in [0.2, 0.25) is 0 Å². The number of ether oxygens (including phenoxy) is 1. The normalized spacial score (nSPS) is 16.6. The van der Waals surface area contributed by atoms with E-state index in [1.807, 2.05) is 25.1 Å². The first kappa shape index (κ1) is 13.7. The number of anilines is 1. The summed E-state index contributed by atoms with van der Waals surface area (Å²) < 4.78 is 19.1. The minimum atomic E-state index is -0.365. The summed E-state index contributed by atoms with van der Waals surface area (Å²) in [6.07, 6.45) is 1.72. The van der Waals surface area contributed by atoms with Crippen LogP contribution in [0.1, 0.15) is 30.5 Å². The van der Waals surface area contributed by atoms with Crippen LogP contribution in [0.2, 0.25) is 0 Å². The molecule has 0 amide bonds. The predicted octanol–water partition coefficient (Wildman–Crippen LogP) is 4.03. The first-order valence-corrected chi connectivity index (χ1v) is 7.18. The van der Waals surface area contributed by atoms with Crippen LogP contribution in [0.25, 0.3) is 0 Å². The van der Waals surface area contributed by atoms with Gasteiger partial charge in [0.1, 0.15) is 5.75 Å². The number of phenolic OH excluding ortho intramolecular Hbond substituents is 1. The summed E-state index contributed by atoms with van der Waals surface area (Å²) in [6.45, 7) is 2.27. The first-order chi connectivity index (χ1) is 10.2. The van der Waals surface area contributed by atoms with E-state index in [1.54, 1.807) is 12.1 Å². The Labute approximate surface area is 123 Å². The van der Waals surface area contributed by atoms with Gasteiger partial charge in [-0.3, -0.25) is 0 Å². The summed E-state index contributed by atoms with van der Waals surface area (Å²) in [7, 11) is 0. The Morgan fingerprint density at radius 2 is 2.19 bits per heavy atom. The molecule has 21 heavy (non-hydrogen) atoms. The molecule has 110 valence electrons. The highest BCUT2D eigenvalue weighted by molar-refractivity contribution is 5.52. The maximum atomic E-state index is 13.9. The highest BCUT2D eigenvalue weighted by Gasteiger charge is 2.24. The third kappa shape index (κ3) is 2.66. The number of nitrogens with one attached hydrogen (secondary N) is 1. The molecule has 1 atom stereocenters. The minimum Gasteiger partial charge on any atom is -0.508 e. The molecule has 0 saturated heterocycles. The number of fused-ring (bicyclic) bond motifs is 1. The van der Waals surface area contributed by atoms with Crippen molar-refractivity contribution in [2.24, 2.45) is 0 Å². The van der Waals surface area contributed by atoms with Crippen molar-refractivity contribution in [3.05, 3.63) is 53.3 Å². The molecule has 3 nitrogen and oxygen atoms in total. The quantitative estimate of drug-likeness (QED) is 0.892. The molecule has 2 N–H and O–H groups in total. The van der Waals surface area contributed by atoms with Crippen molar-refractivity contribution >= 4 is 5.69 Å². The molecule has 0 heterocycles. The van der Waals surface area contributed by atoms with Crippen molar-refractivity contribution in [1.82, 2.24) is 0 Å². The van der Waals surface area contributed by atoms with Gasteiger partial charge in [0.25, 0.3) is 0 Å². The summed E-state index contributed by atoms with van der Waals surface area (Å²) in [5.41, 5.74) is 2.79. The van der Waals surface area contributed by atoms with Gasteiger partial charge in [0, 0.05) is 11.8 Å². The topological polar surface area (TPSA) is 41.5 Å². The van der Waals surface area contributed by atoms with Crippen molar-refractivity contribution in [3.63, 3.8) is 0 Å². The lowest BCUT2D eigenvalue weighted by atomic mass is 10.1. The van der Waals surface area contributed by atoms with E-state index in [9.17, 15) is 9.50 Å². The van der Waals surface area contributed by atoms with Crippen LogP contribution in [0.3, 0.4) is 0 Å². The molecule has 1 aliphatic rings. The zero-order valence-electron chi connectivity index (χ0n) is 11.9. The summed E-state index contributed by atoms with van der Waals surface area (Å²) in [5.74, 6) is 0.248. The number of rotatable bonds is 4. The lowest BCUT2D eigenvalue weighted by Crippen LogP contribution is -2.07. The molecule has 0 aliphatic heterocycles. The average Bonchev–Trinajstić information content (AvgIpc) is 2.87. The summed E-state index contributed by atoms with van der Waals surface area (Å²) >= 11 is 0. The lowest BCUT2D eigenvalue weighted by Gasteiger charge is -2.16. The third-order valence-corrected chi connectivity index (χ3v) is 3.82. The van der Waals surface area contributed by atoms with Crippen molar-refractivity contribution in [1.29, 1.82) is 0 Å². The highest BCUT2D eigenvalue weighted by Crippen LogP contribution is 2.38. The van der Waals surface area contributed by atoms with Crippen LogP contribution < -0.4 is 10.1 Å². The largest absolute Gasteiger partial charge is 0.508 e. The molecule has 0 aromatic heterocycles. The Kier molecular flexibility index (Phi) is 3.69. The Morgan fingerprint density at radius 3 is 2.95 bits per heavy atom. The number of hydrogen-bond acceptors (Lipinski definition) is 3. The molecule has 0 fully saturated rings. The van der Waals surface area contributed by atoms with E-state index < -0.39 is 0 Å². The van der Waals surface area contributed by atoms with Crippen molar-refractivity contribution in [2.45, 2.75) is 25.8 Å². The predicted molar refractivity (Wildman–Crippen MR) is 80.4 cm³/mol. The summed E-state index contributed by atoms with van der Waals surface area (Å²) in [5, 5.41) is 13.2. The highest BCUT2D eigenvalue weighted by atomic mass is 19.1. The van der Waals surface area contributed by atoms with Gasteiger partial charge < -0.3 is 15.2 Å². The molecule has 1 unspecified atom stereocenters. The van der Waals surface area contributed by atoms with E-state index >= 15 is 0 Å². The van der Waals surface area contributed by atoms with Gasteiger partial charge in [0.15, 0.2) is 11.6 Å². The van der Waals surface area contributed by atoms with Gasteiger partial charge in [-0.05, 0) is 49.1 Å². The van der Waals surface area contributed by atoms with E-state index in [-0.39, 0.29) is 17.6 Å². The molecule has 0 saturated carbocycles. The minimum absolute atomic E-state index is 0.101.